The molecule has 0 aliphatic carbocycles. The van der Waals surface area contributed by atoms with Crippen LogP contribution < -0.4 is 9.47 Å². The second kappa shape index (κ2) is 6.95. The molecule has 22 heavy (non-hydrogen) atoms. The maximum absolute atomic E-state index is 11.4. The summed E-state index contributed by atoms with van der Waals surface area (Å²) in [6.07, 6.45) is 1.56. The molecule has 0 atom stereocenters. The van der Waals surface area contributed by atoms with E-state index in [0.29, 0.717) is 16.5 Å². The monoisotopic (exact) mass is 319 g/mol. The van der Waals surface area contributed by atoms with E-state index in [0.717, 1.165) is 5.56 Å². The van der Waals surface area contributed by atoms with Gasteiger partial charge in [-0.15, -0.1) is 0 Å². The number of ether oxygens (including phenoxy) is 2. The minimum absolute atomic E-state index is 0.0304. The zero-order valence-electron chi connectivity index (χ0n) is 12.0. The standard InChI is InChI=1S/C16H14ClNO4/c1-21-14-7-12(16(19)20)13(8-15(14)22-2)18-9-10-3-5-11(17)6-4-10/h3-9H,1-2H3,(H,19,20). The van der Waals surface area contributed by atoms with Gasteiger partial charge in [-0.25, -0.2) is 4.79 Å². The highest BCUT2D eigenvalue weighted by molar-refractivity contribution is 6.30. The van der Waals surface area contributed by atoms with Crippen LogP contribution in [0.15, 0.2) is 41.4 Å². The van der Waals surface area contributed by atoms with Crippen LogP contribution in [0.4, 0.5) is 5.69 Å². The van der Waals surface area contributed by atoms with Crippen molar-refractivity contribution in [1.82, 2.24) is 0 Å². The van der Waals surface area contributed by atoms with Crippen molar-refractivity contribution in [2.45, 2.75) is 0 Å². The normalized spacial score (nSPS) is 10.7. The summed E-state index contributed by atoms with van der Waals surface area (Å²) in [4.78, 5) is 15.6. The molecule has 0 bridgehead atoms. The number of carboxylic acid groups (broad SMARTS) is 1. The van der Waals surface area contributed by atoms with E-state index < -0.39 is 5.97 Å². The molecule has 114 valence electrons. The van der Waals surface area contributed by atoms with Gasteiger partial charge in [0, 0.05) is 23.4 Å². The molecule has 0 amide bonds. The molecular weight excluding hydrogens is 306 g/mol. The van der Waals surface area contributed by atoms with Crippen molar-refractivity contribution >= 4 is 29.5 Å². The van der Waals surface area contributed by atoms with Crippen molar-refractivity contribution in [3.05, 3.63) is 52.5 Å². The Morgan fingerprint density at radius 3 is 2.27 bits per heavy atom. The number of halogens is 1. The number of nitrogens with zero attached hydrogens (tertiary/aromatic N) is 1. The number of hydrogen-bond donors (Lipinski definition) is 1. The van der Waals surface area contributed by atoms with Gasteiger partial charge in [0.25, 0.3) is 0 Å². The Hall–Kier alpha value is -2.53. The minimum atomic E-state index is -1.09. The first-order chi connectivity index (χ1) is 10.5. The van der Waals surface area contributed by atoms with Crippen LogP contribution in [0.2, 0.25) is 5.02 Å². The summed E-state index contributed by atoms with van der Waals surface area (Å²) in [6, 6.07) is 9.94. The molecular formula is C16H14ClNO4. The van der Waals surface area contributed by atoms with Crippen molar-refractivity contribution in [1.29, 1.82) is 0 Å². The quantitative estimate of drug-likeness (QED) is 0.851. The topological polar surface area (TPSA) is 68.1 Å². The minimum Gasteiger partial charge on any atom is -0.493 e. The molecule has 0 saturated carbocycles. The molecule has 0 aliphatic rings. The lowest BCUT2D eigenvalue weighted by molar-refractivity contribution is 0.0697. The fraction of sp³-hybridized carbons (Fsp3) is 0.125. The largest absolute Gasteiger partial charge is 0.493 e. The smallest absolute Gasteiger partial charge is 0.338 e. The van der Waals surface area contributed by atoms with Gasteiger partial charge >= 0.3 is 5.97 Å². The average Bonchev–Trinajstić information content (AvgIpc) is 2.53. The van der Waals surface area contributed by atoms with Gasteiger partial charge in [-0.1, -0.05) is 23.7 Å². The van der Waals surface area contributed by atoms with Gasteiger partial charge in [-0.05, 0) is 17.7 Å². The van der Waals surface area contributed by atoms with Gasteiger partial charge < -0.3 is 14.6 Å². The highest BCUT2D eigenvalue weighted by Crippen LogP contribution is 2.34. The first-order valence-corrected chi connectivity index (χ1v) is 6.72. The molecule has 5 nitrogen and oxygen atoms in total. The van der Waals surface area contributed by atoms with Crippen molar-refractivity contribution in [3.63, 3.8) is 0 Å². The summed E-state index contributed by atoms with van der Waals surface area (Å²) in [6.45, 7) is 0. The fourth-order valence-electron chi connectivity index (χ4n) is 1.84. The molecule has 6 heteroatoms. The lowest BCUT2D eigenvalue weighted by Crippen LogP contribution is -2.00. The van der Waals surface area contributed by atoms with Gasteiger partial charge in [0.15, 0.2) is 11.5 Å². The first kappa shape index (κ1) is 15.9. The van der Waals surface area contributed by atoms with E-state index in [1.165, 1.54) is 26.4 Å². The zero-order chi connectivity index (χ0) is 16.1. The van der Waals surface area contributed by atoms with Crippen molar-refractivity contribution < 1.29 is 19.4 Å². The van der Waals surface area contributed by atoms with Crippen LogP contribution in [0.25, 0.3) is 0 Å². The molecule has 0 aromatic heterocycles. The SMILES string of the molecule is COc1cc(N=Cc2ccc(Cl)cc2)c(C(=O)O)cc1OC. The first-order valence-electron chi connectivity index (χ1n) is 6.34. The Morgan fingerprint density at radius 2 is 1.73 bits per heavy atom. The van der Waals surface area contributed by atoms with Crippen LogP contribution in [0, 0.1) is 0 Å². The highest BCUT2D eigenvalue weighted by Gasteiger charge is 2.15. The van der Waals surface area contributed by atoms with E-state index in [4.69, 9.17) is 21.1 Å². The highest BCUT2D eigenvalue weighted by atomic mass is 35.5. The maximum Gasteiger partial charge on any atom is 0.338 e. The molecule has 0 unspecified atom stereocenters. The Morgan fingerprint density at radius 1 is 1.14 bits per heavy atom. The molecule has 2 rings (SSSR count). The van der Waals surface area contributed by atoms with E-state index in [-0.39, 0.29) is 11.3 Å². The third-order valence-electron chi connectivity index (χ3n) is 2.95. The van der Waals surface area contributed by atoms with Gasteiger partial charge in [0.05, 0.1) is 25.5 Å². The molecule has 0 fully saturated rings. The Kier molecular flexibility index (Phi) is 5.01. The maximum atomic E-state index is 11.4. The van der Waals surface area contributed by atoms with Crippen molar-refractivity contribution in [2.24, 2.45) is 4.99 Å². The van der Waals surface area contributed by atoms with Crippen LogP contribution in [0.1, 0.15) is 15.9 Å². The van der Waals surface area contributed by atoms with E-state index in [2.05, 4.69) is 4.99 Å². The van der Waals surface area contributed by atoms with Crippen LogP contribution >= 0.6 is 11.6 Å². The van der Waals surface area contributed by atoms with E-state index in [1.54, 1.807) is 30.5 Å². The number of benzene rings is 2. The van der Waals surface area contributed by atoms with Crippen LogP contribution in [0.3, 0.4) is 0 Å². The molecule has 0 saturated heterocycles. The lowest BCUT2D eigenvalue weighted by Gasteiger charge is -2.10. The van der Waals surface area contributed by atoms with E-state index >= 15 is 0 Å². The third kappa shape index (κ3) is 3.56. The van der Waals surface area contributed by atoms with Crippen LogP contribution in [0.5, 0.6) is 11.5 Å². The predicted molar refractivity (Wildman–Crippen MR) is 85.2 cm³/mol. The summed E-state index contributed by atoms with van der Waals surface area (Å²) >= 11 is 5.82. The molecule has 2 aromatic rings. The number of methoxy groups -OCH3 is 2. The number of hydrogen-bond acceptors (Lipinski definition) is 4. The Bertz CT molecular complexity index is 711. The van der Waals surface area contributed by atoms with Crippen LogP contribution in [-0.2, 0) is 0 Å². The van der Waals surface area contributed by atoms with E-state index in [1.807, 2.05) is 0 Å². The molecule has 0 radical (unpaired) electrons. The summed E-state index contributed by atoms with van der Waals surface area (Å²) in [5.74, 6) is -0.342. The Labute approximate surface area is 132 Å². The molecule has 1 N–H and O–H groups in total. The summed E-state index contributed by atoms with van der Waals surface area (Å²) < 4.78 is 10.3. The summed E-state index contributed by atoms with van der Waals surface area (Å²) in [5.41, 5.74) is 1.11. The second-order valence-corrected chi connectivity index (χ2v) is 4.78. The second-order valence-electron chi connectivity index (χ2n) is 4.34. The van der Waals surface area contributed by atoms with Gasteiger partial charge in [-0.3, -0.25) is 4.99 Å². The van der Waals surface area contributed by atoms with E-state index in [9.17, 15) is 9.90 Å². The molecule has 0 heterocycles. The van der Waals surface area contributed by atoms with Gasteiger partial charge in [0.1, 0.15) is 0 Å². The summed E-state index contributed by atoms with van der Waals surface area (Å²) in [7, 11) is 2.92. The number of rotatable bonds is 5. The lowest BCUT2D eigenvalue weighted by atomic mass is 10.1. The Balaban J connectivity index is 2.44. The third-order valence-corrected chi connectivity index (χ3v) is 3.21. The zero-order valence-corrected chi connectivity index (χ0v) is 12.8. The molecule has 2 aromatic carbocycles. The number of carbonyl (C=O) groups is 1. The van der Waals surface area contributed by atoms with Crippen LogP contribution in [-0.4, -0.2) is 31.5 Å². The van der Waals surface area contributed by atoms with Crippen molar-refractivity contribution in [2.75, 3.05) is 14.2 Å². The molecule has 0 aliphatic heterocycles. The van der Waals surface area contributed by atoms with Gasteiger partial charge in [-0.2, -0.15) is 0 Å². The fourth-order valence-corrected chi connectivity index (χ4v) is 1.97. The predicted octanol–water partition coefficient (Wildman–Crippen LogP) is 3.81. The molecule has 0 spiro atoms. The number of aromatic carboxylic acids is 1. The average molecular weight is 320 g/mol. The number of aliphatic imine (C=N–C) groups is 1. The van der Waals surface area contributed by atoms with Crippen molar-refractivity contribution in [3.8, 4) is 11.5 Å². The summed E-state index contributed by atoms with van der Waals surface area (Å²) in [5, 5.41) is 9.91. The number of carboxylic acids is 1. The van der Waals surface area contributed by atoms with Gasteiger partial charge in [0.2, 0.25) is 0 Å².